The number of carbonyl (C=O) groups is 1. The van der Waals surface area contributed by atoms with Crippen LogP contribution in [0.15, 0.2) is 42.6 Å². The Balaban J connectivity index is 1.68. The predicted octanol–water partition coefficient (Wildman–Crippen LogP) is 4.20. The van der Waals surface area contributed by atoms with Crippen LogP contribution in [0.2, 0.25) is 5.02 Å². The van der Waals surface area contributed by atoms with Crippen molar-refractivity contribution < 1.29 is 17.6 Å². The summed E-state index contributed by atoms with van der Waals surface area (Å²) in [6, 6.07) is 9.43. The molecule has 0 radical (unpaired) electrons. The number of amides is 1. The van der Waals surface area contributed by atoms with E-state index < -0.39 is 26.9 Å². The van der Waals surface area contributed by atoms with Crippen LogP contribution >= 0.6 is 11.6 Å². The number of benzene rings is 2. The zero-order valence-electron chi connectivity index (χ0n) is 17.5. The Morgan fingerprint density at radius 2 is 1.94 bits per heavy atom. The van der Waals surface area contributed by atoms with Gasteiger partial charge >= 0.3 is 0 Å². The van der Waals surface area contributed by atoms with Crippen LogP contribution in [0.1, 0.15) is 35.3 Å². The molecular formula is C22H20ClFN4O3S. The number of carbonyl (C=O) groups excluding carboxylic acids is 1. The van der Waals surface area contributed by atoms with E-state index in [0.717, 1.165) is 11.8 Å². The summed E-state index contributed by atoms with van der Waals surface area (Å²) in [5.41, 5.74) is 2.57. The Labute approximate surface area is 190 Å². The average Bonchev–Trinajstić information content (AvgIpc) is 2.93. The first-order chi connectivity index (χ1) is 14.9. The molecule has 32 heavy (non-hydrogen) atoms. The van der Waals surface area contributed by atoms with Gasteiger partial charge in [0.2, 0.25) is 5.95 Å². The number of halogens is 2. The van der Waals surface area contributed by atoms with Gasteiger partial charge in [0.1, 0.15) is 5.82 Å². The zero-order valence-corrected chi connectivity index (χ0v) is 19.1. The van der Waals surface area contributed by atoms with E-state index in [1.807, 2.05) is 19.9 Å². The fourth-order valence-electron chi connectivity index (χ4n) is 3.63. The Morgan fingerprint density at radius 3 is 2.66 bits per heavy atom. The molecule has 0 bridgehead atoms. The van der Waals surface area contributed by atoms with Crippen LogP contribution in [0.3, 0.4) is 0 Å². The lowest BCUT2D eigenvalue weighted by atomic mass is 9.92. The zero-order chi connectivity index (χ0) is 23.3. The van der Waals surface area contributed by atoms with Gasteiger partial charge in [-0.2, -0.15) is 0 Å². The number of rotatable bonds is 5. The van der Waals surface area contributed by atoms with E-state index >= 15 is 0 Å². The smallest absolute Gasteiger partial charge is 0.252 e. The van der Waals surface area contributed by atoms with Crippen LogP contribution in [-0.2, 0) is 21.1 Å². The van der Waals surface area contributed by atoms with Crippen molar-refractivity contribution >= 4 is 39.0 Å². The minimum absolute atomic E-state index is 0.0460. The standard InChI is InChI=1S/C22H20ClFN4O3S/c1-22(2)16-9-12(4-6-15(16)20(29)28-22)19-17(23)10-25-21(27-19)26-14-5-7-18(24)13(8-14)11-32(3,30)31/h4-10H,11H2,1-3H3,(H,28,29)(H,25,26,27). The van der Waals surface area contributed by atoms with Gasteiger partial charge in [0.25, 0.3) is 5.91 Å². The third-order valence-electron chi connectivity index (χ3n) is 5.10. The van der Waals surface area contributed by atoms with E-state index in [-0.39, 0.29) is 17.4 Å². The monoisotopic (exact) mass is 474 g/mol. The highest BCUT2D eigenvalue weighted by Crippen LogP contribution is 2.35. The van der Waals surface area contributed by atoms with Crippen LogP contribution in [0, 0.1) is 5.82 Å². The number of anilines is 2. The Hall–Kier alpha value is -3.04. The van der Waals surface area contributed by atoms with Crippen molar-refractivity contribution in [1.82, 2.24) is 15.3 Å². The van der Waals surface area contributed by atoms with E-state index in [4.69, 9.17) is 11.6 Å². The number of nitrogens with zero attached hydrogens (tertiary/aromatic N) is 2. The van der Waals surface area contributed by atoms with Crippen molar-refractivity contribution in [3.63, 3.8) is 0 Å². The van der Waals surface area contributed by atoms with Crippen LogP contribution in [0.4, 0.5) is 16.0 Å². The van der Waals surface area contributed by atoms with Crippen LogP contribution < -0.4 is 10.6 Å². The number of nitrogens with one attached hydrogen (secondary N) is 2. The fraction of sp³-hybridized carbons (Fsp3) is 0.227. The summed E-state index contributed by atoms with van der Waals surface area (Å²) in [5.74, 6) is -0.953. The molecule has 2 N–H and O–H groups in total. The second-order valence-corrected chi connectivity index (χ2v) is 10.8. The highest BCUT2D eigenvalue weighted by atomic mass is 35.5. The van der Waals surface area contributed by atoms with Crippen LogP contribution in [0.5, 0.6) is 0 Å². The SMILES string of the molecule is CC1(C)NC(=O)c2ccc(-c3nc(Nc4ccc(F)c(CS(C)(=O)=O)c4)ncc3Cl)cc21. The molecule has 0 spiro atoms. The number of hydrogen-bond acceptors (Lipinski definition) is 6. The molecule has 1 aliphatic rings. The molecule has 0 atom stereocenters. The van der Waals surface area contributed by atoms with Crippen molar-refractivity contribution in [3.8, 4) is 11.3 Å². The molecule has 2 aromatic carbocycles. The van der Waals surface area contributed by atoms with Crippen LogP contribution in [-0.4, -0.2) is 30.5 Å². The van der Waals surface area contributed by atoms with Crippen molar-refractivity contribution in [2.24, 2.45) is 0 Å². The maximum Gasteiger partial charge on any atom is 0.252 e. The summed E-state index contributed by atoms with van der Waals surface area (Å²) in [7, 11) is -3.40. The average molecular weight is 475 g/mol. The Kier molecular flexibility index (Phi) is 5.42. The van der Waals surface area contributed by atoms with E-state index in [9.17, 15) is 17.6 Å². The van der Waals surface area contributed by atoms with Gasteiger partial charge < -0.3 is 10.6 Å². The van der Waals surface area contributed by atoms with Crippen molar-refractivity contribution in [2.75, 3.05) is 11.6 Å². The molecule has 4 rings (SSSR count). The quantitative estimate of drug-likeness (QED) is 0.574. The number of fused-ring (bicyclic) bond motifs is 1. The summed E-state index contributed by atoms with van der Waals surface area (Å²) < 4.78 is 37.1. The summed E-state index contributed by atoms with van der Waals surface area (Å²) in [6.45, 7) is 3.83. The lowest BCUT2D eigenvalue weighted by molar-refractivity contribution is 0.0940. The topological polar surface area (TPSA) is 101 Å². The lowest BCUT2D eigenvalue weighted by Crippen LogP contribution is -2.32. The molecule has 0 aliphatic carbocycles. The number of hydrogen-bond donors (Lipinski definition) is 2. The highest BCUT2D eigenvalue weighted by molar-refractivity contribution is 7.89. The van der Waals surface area contributed by atoms with Gasteiger partial charge in [-0.05, 0) is 49.7 Å². The Bertz CT molecular complexity index is 1360. The maximum absolute atomic E-state index is 14.0. The molecule has 2 heterocycles. The highest BCUT2D eigenvalue weighted by Gasteiger charge is 2.35. The molecule has 7 nitrogen and oxygen atoms in total. The largest absolute Gasteiger partial charge is 0.343 e. The van der Waals surface area contributed by atoms with Crippen molar-refractivity contribution in [1.29, 1.82) is 0 Å². The molecule has 1 aliphatic heterocycles. The van der Waals surface area contributed by atoms with Gasteiger partial charge in [0.05, 0.1) is 28.2 Å². The Morgan fingerprint density at radius 1 is 1.19 bits per heavy atom. The normalized spacial score (nSPS) is 14.7. The number of aromatic nitrogens is 2. The first-order valence-electron chi connectivity index (χ1n) is 9.66. The molecule has 0 unspecified atom stereocenters. The molecule has 3 aromatic rings. The molecule has 10 heteroatoms. The molecule has 1 amide bonds. The van der Waals surface area contributed by atoms with E-state index in [1.165, 1.54) is 24.4 Å². The van der Waals surface area contributed by atoms with Crippen molar-refractivity contribution in [2.45, 2.75) is 25.1 Å². The first-order valence-corrected chi connectivity index (χ1v) is 12.1. The molecule has 166 valence electrons. The fourth-order valence-corrected chi connectivity index (χ4v) is 4.62. The summed E-state index contributed by atoms with van der Waals surface area (Å²) in [5, 5.41) is 6.21. The third-order valence-corrected chi connectivity index (χ3v) is 6.21. The van der Waals surface area contributed by atoms with E-state index in [0.29, 0.717) is 27.5 Å². The van der Waals surface area contributed by atoms with E-state index in [2.05, 4.69) is 20.6 Å². The lowest BCUT2D eigenvalue weighted by Gasteiger charge is -2.19. The third kappa shape index (κ3) is 4.44. The van der Waals surface area contributed by atoms with Gasteiger partial charge in [0.15, 0.2) is 9.84 Å². The van der Waals surface area contributed by atoms with Gasteiger partial charge in [-0.25, -0.2) is 22.8 Å². The summed E-state index contributed by atoms with van der Waals surface area (Å²) in [6.07, 6.45) is 2.48. The minimum atomic E-state index is -3.40. The summed E-state index contributed by atoms with van der Waals surface area (Å²) >= 11 is 6.35. The summed E-state index contributed by atoms with van der Waals surface area (Å²) in [4.78, 5) is 20.8. The molecule has 0 saturated heterocycles. The molecule has 0 fully saturated rings. The maximum atomic E-state index is 14.0. The molecular weight excluding hydrogens is 455 g/mol. The second-order valence-electron chi connectivity index (χ2n) is 8.23. The van der Waals surface area contributed by atoms with Crippen LogP contribution in [0.25, 0.3) is 11.3 Å². The predicted molar refractivity (Wildman–Crippen MR) is 121 cm³/mol. The van der Waals surface area contributed by atoms with Crippen molar-refractivity contribution in [3.05, 3.63) is 70.1 Å². The second kappa shape index (κ2) is 7.83. The van der Waals surface area contributed by atoms with Gasteiger partial charge in [0, 0.05) is 28.6 Å². The van der Waals surface area contributed by atoms with Gasteiger partial charge in [-0.15, -0.1) is 0 Å². The minimum Gasteiger partial charge on any atom is -0.343 e. The first kappa shape index (κ1) is 22.2. The van der Waals surface area contributed by atoms with Gasteiger partial charge in [-0.3, -0.25) is 4.79 Å². The number of sulfone groups is 1. The molecule has 1 aromatic heterocycles. The molecule has 0 saturated carbocycles. The van der Waals surface area contributed by atoms with E-state index in [1.54, 1.807) is 12.1 Å². The van der Waals surface area contributed by atoms with Gasteiger partial charge in [-0.1, -0.05) is 17.7 Å².